The average molecular weight is 350 g/mol. The van der Waals surface area contributed by atoms with E-state index in [0.29, 0.717) is 37.2 Å². The van der Waals surface area contributed by atoms with Crippen molar-refractivity contribution in [2.75, 3.05) is 33.9 Å². The van der Waals surface area contributed by atoms with Crippen molar-refractivity contribution in [1.82, 2.24) is 10.2 Å². The Morgan fingerprint density at radius 2 is 2.08 bits per heavy atom. The van der Waals surface area contributed by atoms with E-state index < -0.39 is 17.9 Å². The highest BCUT2D eigenvalue weighted by Gasteiger charge is 2.30. The van der Waals surface area contributed by atoms with Gasteiger partial charge in [0.15, 0.2) is 0 Å². The standard InChI is InChI=1S/C17H22N2O6/c1-24-14-9-12(16(22)25-2)4-3-11(14)5-7-18-17(23)19-8-6-13(10-19)15(20)21/h3-4,9,13H,5-8,10H2,1-2H3,(H,18,23)(H,20,21). The number of nitrogens with zero attached hydrogens (tertiary/aromatic N) is 1. The van der Waals surface area contributed by atoms with E-state index in [2.05, 4.69) is 10.1 Å². The Morgan fingerprint density at radius 3 is 2.68 bits per heavy atom. The molecule has 1 aromatic rings. The van der Waals surface area contributed by atoms with Gasteiger partial charge in [-0.05, 0) is 30.5 Å². The van der Waals surface area contributed by atoms with Crippen LogP contribution in [0.1, 0.15) is 22.3 Å². The maximum Gasteiger partial charge on any atom is 0.337 e. The number of esters is 1. The Labute approximate surface area is 145 Å². The Balaban J connectivity index is 1.88. The zero-order valence-corrected chi connectivity index (χ0v) is 14.3. The van der Waals surface area contributed by atoms with Gasteiger partial charge in [0.25, 0.3) is 0 Å². The van der Waals surface area contributed by atoms with Crippen LogP contribution in [0.4, 0.5) is 4.79 Å². The van der Waals surface area contributed by atoms with E-state index in [1.807, 2.05) is 0 Å². The summed E-state index contributed by atoms with van der Waals surface area (Å²) < 4.78 is 9.95. The number of rotatable bonds is 6. The number of hydrogen-bond donors (Lipinski definition) is 2. The number of aliphatic carboxylic acids is 1. The van der Waals surface area contributed by atoms with Gasteiger partial charge in [-0.1, -0.05) is 6.07 Å². The number of methoxy groups -OCH3 is 2. The molecule has 8 nitrogen and oxygen atoms in total. The molecule has 2 amide bonds. The fourth-order valence-corrected chi connectivity index (χ4v) is 2.76. The molecule has 2 rings (SSSR count). The van der Waals surface area contributed by atoms with Crippen molar-refractivity contribution in [1.29, 1.82) is 0 Å². The molecule has 1 aromatic carbocycles. The lowest BCUT2D eigenvalue weighted by atomic mass is 10.1. The highest BCUT2D eigenvalue weighted by molar-refractivity contribution is 5.89. The summed E-state index contributed by atoms with van der Waals surface area (Å²) in [4.78, 5) is 36.0. The number of hydrogen-bond acceptors (Lipinski definition) is 5. The molecule has 136 valence electrons. The molecule has 1 aliphatic rings. The van der Waals surface area contributed by atoms with E-state index in [-0.39, 0.29) is 12.6 Å². The van der Waals surface area contributed by atoms with Gasteiger partial charge < -0.3 is 24.8 Å². The van der Waals surface area contributed by atoms with E-state index in [0.717, 1.165) is 5.56 Å². The topological polar surface area (TPSA) is 105 Å². The number of benzene rings is 1. The molecule has 0 saturated carbocycles. The van der Waals surface area contributed by atoms with E-state index in [1.54, 1.807) is 18.2 Å². The molecule has 8 heteroatoms. The van der Waals surface area contributed by atoms with Crippen molar-refractivity contribution in [3.05, 3.63) is 29.3 Å². The average Bonchev–Trinajstić information content (AvgIpc) is 3.11. The molecule has 1 heterocycles. The van der Waals surface area contributed by atoms with Crippen LogP contribution in [0.2, 0.25) is 0 Å². The van der Waals surface area contributed by atoms with Crippen molar-refractivity contribution in [3.63, 3.8) is 0 Å². The number of carboxylic acids is 1. The number of amides is 2. The number of carboxylic acid groups (broad SMARTS) is 1. The summed E-state index contributed by atoms with van der Waals surface area (Å²) in [6, 6.07) is 4.73. The zero-order valence-electron chi connectivity index (χ0n) is 14.3. The highest BCUT2D eigenvalue weighted by atomic mass is 16.5. The summed E-state index contributed by atoms with van der Waals surface area (Å²) in [5.74, 6) is -1.26. The predicted molar refractivity (Wildman–Crippen MR) is 88.8 cm³/mol. The minimum atomic E-state index is -0.870. The van der Waals surface area contributed by atoms with Gasteiger partial charge in [-0.25, -0.2) is 9.59 Å². The lowest BCUT2D eigenvalue weighted by Crippen LogP contribution is -2.39. The third-order valence-corrected chi connectivity index (χ3v) is 4.20. The van der Waals surface area contributed by atoms with Gasteiger partial charge in [0.05, 0.1) is 25.7 Å². The second-order valence-corrected chi connectivity index (χ2v) is 5.77. The van der Waals surface area contributed by atoms with Crippen LogP contribution in [0, 0.1) is 5.92 Å². The summed E-state index contributed by atoms with van der Waals surface area (Å²) in [6.07, 6.45) is 0.998. The SMILES string of the molecule is COC(=O)c1ccc(CCNC(=O)N2CCC(C(=O)O)C2)c(OC)c1. The first-order valence-corrected chi connectivity index (χ1v) is 7.97. The molecule has 2 N–H and O–H groups in total. The van der Waals surface area contributed by atoms with Crippen LogP contribution in [0.3, 0.4) is 0 Å². The van der Waals surface area contributed by atoms with Crippen LogP contribution in [-0.4, -0.2) is 61.8 Å². The van der Waals surface area contributed by atoms with Crippen molar-refractivity contribution in [3.8, 4) is 5.75 Å². The largest absolute Gasteiger partial charge is 0.496 e. The van der Waals surface area contributed by atoms with Gasteiger partial charge in [-0.2, -0.15) is 0 Å². The Hall–Kier alpha value is -2.77. The first-order chi connectivity index (χ1) is 12.0. The molecule has 1 atom stereocenters. The zero-order chi connectivity index (χ0) is 18.4. The number of nitrogens with one attached hydrogen (secondary N) is 1. The summed E-state index contributed by atoms with van der Waals surface area (Å²) in [5, 5.41) is 11.7. The van der Waals surface area contributed by atoms with Crippen LogP contribution >= 0.6 is 0 Å². The molecule has 1 saturated heterocycles. The molecule has 25 heavy (non-hydrogen) atoms. The first-order valence-electron chi connectivity index (χ1n) is 7.97. The summed E-state index contributed by atoms with van der Waals surface area (Å²) in [5.41, 5.74) is 1.24. The molecule has 0 radical (unpaired) electrons. The first kappa shape index (κ1) is 18.6. The third kappa shape index (κ3) is 4.62. The number of ether oxygens (including phenoxy) is 2. The maximum atomic E-state index is 12.1. The van der Waals surface area contributed by atoms with Crippen molar-refractivity contribution < 1.29 is 29.0 Å². The predicted octanol–water partition coefficient (Wildman–Crippen LogP) is 1.14. The Morgan fingerprint density at radius 1 is 1.32 bits per heavy atom. The Kier molecular flexibility index (Phi) is 6.21. The van der Waals surface area contributed by atoms with E-state index in [1.165, 1.54) is 19.1 Å². The van der Waals surface area contributed by atoms with Crippen LogP contribution < -0.4 is 10.1 Å². The normalized spacial score (nSPS) is 16.4. The minimum absolute atomic E-state index is 0.234. The number of likely N-dealkylation sites (tertiary alicyclic amines) is 1. The molecular weight excluding hydrogens is 328 g/mol. The number of carbonyl (C=O) groups excluding carboxylic acids is 2. The smallest absolute Gasteiger partial charge is 0.337 e. The van der Waals surface area contributed by atoms with Crippen molar-refractivity contribution >= 4 is 18.0 Å². The maximum absolute atomic E-state index is 12.1. The van der Waals surface area contributed by atoms with Crippen molar-refractivity contribution in [2.24, 2.45) is 5.92 Å². The quantitative estimate of drug-likeness (QED) is 0.746. The Bertz CT molecular complexity index is 661. The number of urea groups is 1. The van der Waals surface area contributed by atoms with Gasteiger partial charge in [0.2, 0.25) is 0 Å². The molecule has 0 bridgehead atoms. The number of carbonyl (C=O) groups is 3. The van der Waals surface area contributed by atoms with Crippen LogP contribution in [0.25, 0.3) is 0 Å². The monoisotopic (exact) mass is 350 g/mol. The second-order valence-electron chi connectivity index (χ2n) is 5.77. The summed E-state index contributed by atoms with van der Waals surface area (Å²) >= 11 is 0. The van der Waals surface area contributed by atoms with Crippen LogP contribution in [-0.2, 0) is 16.0 Å². The van der Waals surface area contributed by atoms with Crippen molar-refractivity contribution in [2.45, 2.75) is 12.8 Å². The molecule has 0 aliphatic carbocycles. The fraction of sp³-hybridized carbons (Fsp3) is 0.471. The van der Waals surface area contributed by atoms with E-state index >= 15 is 0 Å². The minimum Gasteiger partial charge on any atom is -0.496 e. The van der Waals surface area contributed by atoms with Crippen LogP contribution in [0.5, 0.6) is 5.75 Å². The van der Waals surface area contributed by atoms with Gasteiger partial charge in [0.1, 0.15) is 5.75 Å². The van der Waals surface area contributed by atoms with E-state index in [4.69, 9.17) is 9.84 Å². The molecule has 0 spiro atoms. The summed E-state index contributed by atoms with van der Waals surface area (Å²) in [7, 11) is 2.82. The van der Waals surface area contributed by atoms with E-state index in [9.17, 15) is 14.4 Å². The van der Waals surface area contributed by atoms with Gasteiger partial charge >= 0.3 is 18.0 Å². The lowest BCUT2D eigenvalue weighted by Gasteiger charge is -2.17. The third-order valence-electron chi connectivity index (χ3n) is 4.20. The molecule has 1 unspecified atom stereocenters. The summed E-state index contributed by atoms with van der Waals surface area (Å²) in [6.45, 7) is 1.05. The van der Waals surface area contributed by atoms with Gasteiger partial charge in [0, 0.05) is 19.6 Å². The second kappa shape index (κ2) is 8.36. The fourth-order valence-electron chi connectivity index (χ4n) is 2.76. The lowest BCUT2D eigenvalue weighted by molar-refractivity contribution is -0.141. The molecular formula is C17H22N2O6. The highest BCUT2D eigenvalue weighted by Crippen LogP contribution is 2.21. The molecule has 1 fully saturated rings. The van der Waals surface area contributed by atoms with Crippen LogP contribution in [0.15, 0.2) is 18.2 Å². The molecule has 1 aliphatic heterocycles. The van der Waals surface area contributed by atoms with Gasteiger partial charge in [-0.15, -0.1) is 0 Å². The molecule has 0 aromatic heterocycles. The van der Waals surface area contributed by atoms with Gasteiger partial charge in [-0.3, -0.25) is 4.79 Å².